The summed E-state index contributed by atoms with van der Waals surface area (Å²) in [6, 6.07) is 5.07. The first-order valence-corrected chi connectivity index (χ1v) is 8.14. The monoisotopic (exact) mass is 295 g/mol. The van der Waals surface area contributed by atoms with E-state index in [4.69, 9.17) is 11.6 Å². The summed E-state index contributed by atoms with van der Waals surface area (Å²) in [6.07, 6.45) is 7.74. The first kappa shape index (κ1) is 14.3. The molecule has 0 heterocycles. The van der Waals surface area contributed by atoms with Crippen LogP contribution in [-0.4, -0.2) is 13.1 Å². The zero-order valence-corrected chi connectivity index (χ0v) is 12.8. The Hall–Kier alpha value is -0.600. The van der Waals surface area contributed by atoms with Crippen LogP contribution in [0.4, 0.5) is 4.39 Å². The summed E-state index contributed by atoms with van der Waals surface area (Å²) in [6.45, 7) is 0. The van der Waals surface area contributed by atoms with Gasteiger partial charge in [-0.3, -0.25) is 0 Å². The van der Waals surface area contributed by atoms with Gasteiger partial charge in [-0.25, -0.2) is 4.39 Å². The average molecular weight is 296 g/mol. The van der Waals surface area contributed by atoms with Gasteiger partial charge in [0.25, 0.3) is 0 Å². The standard InChI is InChI=1S/C17H23ClFN/c1-20-16(9-13-7-11-2-3-12(13)6-11)10-14-8-15(19)4-5-17(14)18/h4-5,8,11-13,16,20H,2-3,6-7,9-10H2,1H3. The summed E-state index contributed by atoms with van der Waals surface area (Å²) in [5.41, 5.74) is 0.925. The smallest absolute Gasteiger partial charge is 0.123 e. The molecule has 0 amide bonds. The maximum absolute atomic E-state index is 13.3. The van der Waals surface area contributed by atoms with Crippen LogP contribution in [0.25, 0.3) is 0 Å². The van der Waals surface area contributed by atoms with Gasteiger partial charge in [0, 0.05) is 11.1 Å². The molecule has 2 aliphatic rings. The van der Waals surface area contributed by atoms with E-state index in [0.717, 1.165) is 29.7 Å². The Labute approximate surface area is 125 Å². The van der Waals surface area contributed by atoms with Crippen LogP contribution in [0.2, 0.25) is 5.02 Å². The molecule has 0 aliphatic heterocycles. The Bertz CT molecular complexity index is 476. The fourth-order valence-corrected chi connectivity index (χ4v) is 4.49. The molecule has 4 unspecified atom stereocenters. The van der Waals surface area contributed by atoms with E-state index >= 15 is 0 Å². The molecule has 0 aromatic heterocycles. The van der Waals surface area contributed by atoms with Gasteiger partial charge in [-0.1, -0.05) is 18.0 Å². The van der Waals surface area contributed by atoms with E-state index in [1.165, 1.54) is 38.2 Å². The number of hydrogen-bond donors (Lipinski definition) is 1. The Morgan fingerprint density at radius 1 is 1.35 bits per heavy atom. The molecular formula is C17H23ClFN. The molecule has 0 spiro atoms. The highest BCUT2D eigenvalue weighted by Crippen LogP contribution is 2.50. The van der Waals surface area contributed by atoms with Crippen LogP contribution in [0.3, 0.4) is 0 Å². The molecule has 2 bridgehead atoms. The molecule has 2 aliphatic carbocycles. The van der Waals surface area contributed by atoms with Crippen molar-refractivity contribution in [1.82, 2.24) is 5.32 Å². The van der Waals surface area contributed by atoms with E-state index in [2.05, 4.69) is 5.32 Å². The number of halogens is 2. The maximum atomic E-state index is 13.3. The van der Waals surface area contributed by atoms with Crippen molar-refractivity contribution in [3.8, 4) is 0 Å². The fraction of sp³-hybridized carbons (Fsp3) is 0.647. The molecule has 0 radical (unpaired) electrons. The van der Waals surface area contributed by atoms with Crippen LogP contribution in [0, 0.1) is 23.6 Å². The van der Waals surface area contributed by atoms with E-state index in [-0.39, 0.29) is 5.82 Å². The topological polar surface area (TPSA) is 12.0 Å². The molecule has 1 aromatic rings. The van der Waals surface area contributed by atoms with Gasteiger partial charge in [0.1, 0.15) is 5.82 Å². The fourth-order valence-electron chi connectivity index (χ4n) is 4.30. The van der Waals surface area contributed by atoms with Gasteiger partial charge in [0.05, 0.1) is 0 Å². The van der Waals surface area contributed by atoms with Gasteiger partial charge in [0.15, 0.2) is 0 Å². The Balaban J connectivity index is 1.63. The predicted octanol–water partition coefficient (Wildman–Crippen LogP) is 4.44. The first-order chi connectivity index (χ1) is 9.65. The number of fused-ring (bicyclic) bond motifs is 2. The lowest BCUT2D eigenvalue weighted by Gasteiger charge is -2.27. The van der Waals surface area contributed by atoms with Crippen LogP contribution in [0.15, 0.2) is 18.2 Å². The lowest BCUT2D eigenvalue weighted by atomic mass is 9.83. The van der Waals surface area contributed by atoms with Gasteiger partial charge in [-0.05, 0) is 80.7 Å². The Morgan fingerprint density at radius 2 is 2.20 bits per heavy atom. The van der Waals surface area contributed by atoms with Gasteiger partial charge in [-0.2, -0.15) is 0 Å². The molecular weight excluding hydrogens is 273 g/mol. The van der Waals surface area contributed by atoms with Crippen molar-refractivity contribution in [2.75, 3.05) is 7.05 Å². The molecule has 3 rings (SSSR count). The van der Waals surface area contributed by atoms with Gasteiger partial charge in [-0.15, -0.1) is 0 Å². The largest absolute Gasteiger partial charge is 0.317 e. The summed E-state index contributed by atoms with van der Waals surface area (Å²) in [5, 5.41) is 4.08. The van der Waals surface area contributed by atoms with E-state index in [9.17, 15) is 4.39 Å². The minimum absolute atomic E-state index is 0.195. The van der Waals surface area contributed by atoms with Gasteiger partial charge in [0.2, 0.25) is 0 Å². The molecule has 2 saturated carbocycles. The normalized spacial score (nSPS) is 29.9. The Kier molecular flexibility index (Phi) is 4.32. The zero-order valence-electron chi connectivity index (χ0n) is 12.0. The zero-order chi connectivity index (χ0) is 14.1. The van der Waals surface area contributed by atoms with Crippen LogP contribution >= 0.6 is 11.6 Å². The third-order valence-corrected chi connectivity index (χ3v) is 5.72. The second-order valence-electron chi connectivity index (χ2n) is 6.60. The van der Waals surface area contributed by atoms with Crippen LogP contribution in [0.1, 0.15) is 37.7 Å². The summed E-state index contributed by atoms with van der Waals surface area (Å²) < 4.78 is 13.3. The average Bonchev–Trinajstić information content (AvgIpc) is 3.04. The van der Waals surface area contributed by atoms with Gasteiger partial charge >= 0.3 is 0 Å². The van der Waals surface area contributed by atoms with Crippen molar-refractivity contribution < 1.29 is 4.39 Å². The van der Waals surface area contributed by atoms with Crippen molar-refractivity contribution in [2.24, 2.45) is 17.8 Å². The summed E-state index contributed by atoms with van der Waals surface area (Å²) in [5.74, 6) is 2.59. The van der Waals surface area contributed by atoms with E-state index in [1.807, 2.05) is 7.05 Å². The second kappa shape index (κ2) is 6.03. The van der Waals surface area contributed by atoms with E-state index in [0.29, 0.717) is 11.1 Å². The van der Waals surface area contributed by atoms with E-state index in [1.54, 1.807) is 12.1 Å². The molecule has 1 nitrogen and oxygen atoms in total. The number of nitrogens with one attached hydrogen (secondary N) is 1. The molecule has 20 heavy (non-hydrogen) atoms. The van der Waals surface area contributed by atoms with Crippen molar-refractivity contribution in [3.05, 3.63) is 34.6 Å². The molecule has 4 atom stereocenters. The SMILES string of the molecule is CNC(Cc1cc(F)ccc1Cl)CC1CC2CCC1C2. The first-order valence-electron chi connectivity index (χ1n) is 7.77. The van der Waals surface area contributed by atoms with Crippen molar-refractivity contribution in [3.63, 3.8) is 0 Å². The van der Waals surface area contributed by atoms with Crippen LogP contribution in [0.5, 0.6) is 0 Å². The highest BCUT2D eigenvalue weighted by molar-refractivity contribution is 6.31. The van der Waals surface area contributed by atoms with Gasteiger partial charge < -0.3 is 5.32 Å². The lowest BCUT2D eigenvalue weighted by molar-refractivity contribution is 0.281. The maximum Gasteiger partial charge on any atom is 0.123 e. The molecule has 3 heteroatoms. The molecule has 2 fully saturated rings. The van der Waals surface area contributed by atoms with Crippen molar-refractivity contribution in [1.29, 1.82) is 0 Å². The third kappa shape index (κ3) is 3.01. The highest BCUT2D eigenvalue weighted by Gasteiger charge is 2.39. The predicted molar refractivity (Wildman–Crippen MR) is 81.5 cm³/mol. The van der Waals surface area contributed by atoms with Crippen LogP contribution in [-0.2, 0) is 6.42 Å². The van der Waals surface area contributed by atoms with Crippen molar-refractivity contribution in [2.45, 2.75) is 44.6 Å². The number of rotatable bonds is 5. The number of benzene rings is 1. The lowest BCUT2D eigenvalue weighted by Crippen LogP contribution is -2.31. The van der Waals surface area contributed by atoms with Crippen molar-refractivity contribution >= 4 is 11.6 Å². The minimum Gasteiger partial charge on any atom is -0.317 e. The van der Waals surface area contributed by atoms with E-state index < -0.39 is 0 Å². The second-order valence-corrected chi connectivity index (χ2v) is 7.00. The minimum atomic E-state index is -0.195. The molecule has 1 N–H and O–H groups in total. The van der Waals surface area contributed by atoms with Crippen LogP contribution < -0.4 is 5.32 Å². The summed E-state index contributed by atoms with van der Waals surface area (Å²) in [7, 11) is 2.01. The number of likely N-dealkylation sites (N-methyl/N-ethyl adjacent to an activating group) is 1. The molecule has 0 saturated heterocycles. The molecule has 1 aromatic carbocycles. The quantitative estimate of drug-likeness (QED) is 0.847. The third-order valence-electron chi connectivity index (χ3n) is 5.35. The Morgan fingerprint density at radius 3 is 2.85 bits per heavy atom. The summed E-state index contributed by atoms with van der Waals surface area (Å²) in [4.78, 5) is 0. The highest BCUT2D eigenvalue weighted by atomic mass is 35.5. The summed E-state index contributed by atoms with van der Waals surface area (Å²) >= 11 is 6.18. The molecule has 110 valence electrons. The number of hydrogen-bond acceptors (Lipinski definition) is 1.